The Balaban J connectivity index is 1.77. The molecule has 0 aromatic heterocycles. The summed E-state index contributed by atoms with van der Waals surface area (Å²) in [5.41, 5.74) is 2.07. The molecule has 0 spiro atoms. The van der Waals surface area contributed by atoms with Gasteiger partial charge < -0.3 is 5.32 Å². The molecule has 3 nitrogen and oxygen atoms in total. The first-order valence-corrected chi connectivity index (χ1v) is 7.45. The number of para-hydroxylation sites is 1. The van der Waals surface area contributed by atoms with Crippen LogP contribution in [0.1, 0.15) is 50.6 Å². The molecule has 1 heterocycles. The van der Waals surface area contributed by atoms with Crippen molar-refractivity contribution in [1.29, 1.82) is 0 Å². The quantitative estimate of drug-likeness (QED) is 0.874. The van der Waals surface area contributed by atoms with Gasteiger partial charge in [0.15, 0.2) is 0 Å². The van der Waals surface area contributed by atoms with Crippen LogP contribution < -0.4 is 10.6 Å². The number of benzene rings is 1. The highest BCUT2D eigenvalue weighted by Gasteiger charge is 2.34. The lowest BCUT2D eigenvalue weighted by Crippen LogP contribution is -2.42. The summed E-state index contributed by atoms with van der Waals surface area (Å²) in [6.07, 6.45) is 6.32. The molecule has 1 saturated carbocycles. The van der Waals surface area contributed by atoms with Gasteiger partial charge >= 0.3 is 0 Å². The fourth-order valence-corrected chi connectivity index (χ4v) is 3.50. The van der Waals surface area contributed by atoms with E-state index in [1.54, 1.807) is 0 Å². The average Bonchev–Trinajstić information content (AvgIpc) is 2.76. The maximum Gasteiger partial charge on any atom is 0.246 e. The summed E-state index contributed by atoms with van der Waals surface area (Å²) < 4.78 is 0. The SMILES string of the molecule is CCC1CCCCC1NC1C(=O)Nc2ccccc21. The molecule has 2 N–H and O–H groups in total. The molecule has 2 aliphatic rings. The lowest BCUT2D eigenvalue weighted by molar-refractivity contribution is -0.118. The van der Waals surface area contributed by atoms with Crippen molar-refractivity contribution in [2.24, 2.45) is 5.92 Å². The van der Waals surface area contributed by atoms with E-state index in [2.05, 4.69) is 23.6 Å². The Bertz CT molecular complexity index is 472. The minimum absolute atomic E-state index is 0.0987. The molecular weight excluding hydrogens is 236 g/mol. The van der Waals surface area contributed by atoms with Gasteiger partial charge in [-0.2, -0.15) is 0 Å². The van der Waals surface area contributed by atoms with Crippen LogP contribution in [-0.2, 0) is 4.79 Å². The van der Waals surface area contributed by atoms with Crippen molar-refractivity contribution >= 4 is 11.6 Å². The monoisotopic (exact) mass is 258 g/mol. The number of carbonyl (C=O) groups excluding carboxylic acids is 1. The predicted molar refractivity (Wildman–Crippen MR) is 77.0 cm³/mol. The highest BCUT2D eigenvalue weighted by atomic mass is 16.2. The molecule has 3 heteroatoms. The smallest absolute Gasteiger partial charge is 0.246 e. The van der Waals surface area contributed by atoms with Gasteiger partial charge in [0.05, 0.1) is 0 Å². The van der Waals surface area contributed by atoms with Crippen LogP contribution in [0.3, 0.4) is 0 Å². The van der Waals surface area contributed by atoms with E-state index in [4.69, 9.17) is 0 Å². The zero-order chi connectivity index (χ0) is 13.2. The Hall–Kier alpha value is -1.35. The molecule has 1 aromatic rings. The van der Waals surface area contributed by atoms with E-state index in [-0.39, 0.29) is 11.9 Å². The second kappa shape index (κ2) is 5.33. The van der Waals surface area contributed by atoms with Crippen LogP contribution in [-0.4, -0.2) is 11.9 Å². The van der Waals surface area contributed by atoms with Gasteiger partial charge in [-0.3, -0.25) is 10.1 Å². The molecule has 1 aliphatic carbocycles. The number of hydrogen-bond acceptors (Lipinski definition) is 2. The number of anilines is 1. The van der Waals surface area contributed by atoms with E-state index in [1.165, 1.54) is 32.1 Å². The molecule has 3 rings (SSSR count). The van der Waals surface area contributed by atoms with Crippen molar-refractivity contribution in [3.8, 4) is 0 Å². The van der Waals surface area contributed by atoms with Crippen LogP contribution in [0.2, 0.25) is 0 Å². The summed E-state index contributed by atoms with van der Waals surface area (Å²) >= 11 is 0. The first kappa shape index (κ1) is 12.7. The van der Waals surface area contributed by atoms with E-state index in [0.29, 0.717) is 12.0 Å². The number of carbonyl (C=O) groups is 1. The highest BCUT2D eigenvalue weighted by Crippen LogP contribution is 2.34. The van der Waals surface area contributed by atoms with E-state index in [1.807, 2.05) is 18.2 Å². The zero-order valence-corrected chi connectivity index (χ0v) is 11.5. The third-order valence-corrected chi connectivity index (χ3v) is 4.61. The number of rotatable bonds is 3. The van der Waals surface area contributed by atoms with Gasteiger partial charge in [0.1, 0.15) is 6.04 Å². The van der Waals surface area contributed by atoms with Gasteiger partial charge in [-0.25, -0.2) is 0 Å². The minimum atomic E-state index is -0.159. The van der Waals surface area contributed by atoms with E-state index < -0.39 is 0 Å². The largest absolute Gasteiger partial charge is 0.324 e. The lowest BCUT2D eigenvalue weighted by atomic mass is 9.82. The van der Waals surface area contributed by atoms with E-state index in [9.17, 15) is 4.79 Å². The second-order valence-electron chi connectivity index (χ2n) is 5.74. The Kier molecular flexibility index (Phi) is 3.56. The summed E-state index contributed by atoms with van der Waals surface area (Å²) in [4.78, 5) is 12.1. The molecule has 3 atom stereocenters. The minimum Gasteiger partial charge on any atom is -0.324 e. The summed E-state index contributed by atoms with van der Waals surface area (Å²) in [6.45, 7) is 2.26. The predicted octanol–water partition coefficient (Wildman–Crippen LogP) is 3.24. The van der Waals surface area contributed by atoms with Crippen LogP contribution in [0.25, 0.3) is 0 Å². The van der Waals surface area contributed by atoms with Crippen molar-refractivity contribution < 1.29 is 4.79 Å². The Morgan fingerprint density at radius 2 is 2.05 bits per heavy atom. The molecule has 3 unspecified atom stereocenters. The molecular formula is C16H22N2O. The fourth-order valence-electron chi connectivity index (χ4n) is 3.50. The summed E-state index contributed by atoms with van der Waals surface area (Å²) in [5.74, 6) is 0.816. The molecule has 19 heavy (non-hydrogen) atoms. The van der Waals surface area contributed by atoms with Gasteiger partial charge in [0.25, 0.3) is 0 Å². The summed E-state index contributed by atoms with van der Waals surface area (Å²) in [6, 6.07) is 8.33. The third kappa shape index (κ3) is 2.39. The summed E-state index contributed by atoms with van der Waals surface area (Å²) in [5, 5.41) is 6.58. The number of hydrogen-bond donors (Lipinski definition) is 2. The van der Waals surface area contributed by atoms with Gasteiger partial charge in [-0.15, -0.1) is 0 Å². The van der Waals surface area contributed by atoms with Crippen molar-refractivity contribution in [3.05, 3.63) is 29.8 Å². The molecule has 1 amide bonds. The van der Waals surface area contributed by atoms with Crippen LogP contribution >= 0.6 is 0 Å². The molecule has 1 fully saturated rings. The van der Waals surface area contributed by atoms with Gasteiger partial charge in [-0.05, 0) is 24.8 Å². The lowest BCUT2D eigenvalue weighted by Gasteiger charge is -2.33. The molecule has 1 aliphatic heterocycles. The number of nitrogens with one attached hydrogen (secondary N) is 2. The van der Waals surface area contributed by atoms with Crippen LogP contribution in [0.15, 0.2) is 24.3 Å². The van der Waals surface area contributed by atoms with Gasteiger partial charge in [0, 0.05) is 17.3 Å². The number of fused-ring (bicyclic) bond motifs is 1. The summed E-state index contributed by atoms with van der Waals surface area (Å²) in [7, 11) is 0. The first-order chi connectivity index (χ1) is 9.29. The average molecular weight is 258 g/mol. The van der Waals surface area contributed by atoms with E-state index in [0.717, 1.165) is 11.3 Å². The van der Waals surface area contributed by atoms with E-state index >= 15 is 0 Å². The molecule has 0 bridgehead atoms. The van der Waals surface area contributed by atoms with Crippen LogP contribution in [0.5, 0.6) is 0 Å². The van der Waals surface area contributed by atoms with Gasteiger partial charge in [-0.1, -0.05) is 44.4 Å². The molecule has 0 radical (unpaired) electrons. The molecule has 102 valence electrons. The maximum atomic E-state index is 12.1. The van der Waals surface area contributed by atoms with Gasteiger partial charge in [0.2, 0.25) is 5.91 Å². The third-order valence-electron chi connectivity index (χ3n) is 4.61. The Morgan fingerprint density at radius 1 is 1.26 bits per heavy atom. The van der Waals surface area contributed by atoms with Crippen LogP contribution in [0, 0.1) is 5.92 Å². The van der Waals surface area contributed by atoms with Crippen LogP contribution in [0.4, 0.5) is 5.69 Å². The first-order valence-electron chi connectivity index (χ1n) is 7.45. The standard InChI is InChI=1S/C16H22N2O/c1-2-11-7-3-5-9-13(11)17-15-12-8-4-6-10-14(12)18-16(15)19/h4,6,8,10-11,13,15,17H,2-3,5,7,9H2,1H3,(H,18,19). The molecule has 1 aromatic carbocycles. The van der Waals surface area contributed by atoms with Crippen molar-refractivity contribution in [3.63, 3.8) is 0 Å². The Morgan fingerprint density at radius 3 is 2.89 bits per heavy atom. The Labute approximate surface area is 114 Å². The topological polar surface area (TPSA) is 41.1 Å². The van der Waals surface area contributed by atoms with Crippen molar-refractivity contribution in [2.75, 3.05) is 5.32 Å². The second-order valence-corrected chi connectivity index (χ2v) is 5.74. The number of amides is 1. The fraction of sp³-hybridized carbons (Fsp3) is 0.562. The molecule has 0 saturated heterocycles. The highest BCUT2D eigenvalue weighted by molar-refractivity contribution is 6.02. The normalized spacial score (nSPS) is 29.9. The maximum absolute atomic E-state index is 12.1. The van der Waals surface area contributed by atoms with Crippen molar-refractivity contribution in [2.45, 2.75) is 51.1 Å². The zero-order valence-electron chi connectivity index (χ0n) is 11.5. The van der Waals surface area contributed by atoms with Crippen molar-refractivity contribution in [1.82, 2.24) is 5.32 Å².